The summed E-state index contributed by atoms with van der Waals surface area (Å²) < 4.78 is 0. The minimum Gasteiger partial charge on any atom is -0.285 e. The van der Waals surface area contributed by atoms with Crippen LogP contribution in [0.4, 0.5) is 0 Å². The predicted octanol–water partition coefficient (Wildman–Crippen LogP) is 1.23. The van der Waals surface area contributed by atoms with Crippen molar-refractivity contribution in [1.82, 2.24) is 0 Å². The molecule has 0 aromatic heterocycles. The Labute approximate surface area is 55.4 Å². The Morgan fingerprint density at radius 3 is 2.67 bits per heavy atom. The van der Waals surface area contributed by atoms with Gasteiger partial charge in [-0.05, 0) is 24.7 Å². The Hall–Kier alpha value is -0.770. The fraction of sp³-hybridized carbons (Fsp3) is 0.625. The number of ketones is 1. The molecule has 1 atom stereocenters. The van der Waals surface area contributed by atoms with E-state index in [1.807, 2.05) is 6.92 Å². The maximum absolute atomic E-state index is 10.8. The fourth-order valence-electron chi connectivity index (χ4n) is 0.942. The first kappa shape index (κ1) is 6.35. The average Bonchev–Trinajstić information content (AvgIpc) is 2.66. The maximum Gasteiger partial charge on any atom is 0.208 e. The molecule has 1 aliphatic carbocycles. The van der Waals surface area contributed by atoms with Gasteiger partial charge in [0.2, 0.25) is 5.78 Å². The van der Waals surface area contributed by atoms with Crippen molar-refractivity contribution in [2.24, 2.45) is 11.8 Å². The molecule has 1 rings (SSSR count). The number of hydrogen-bond acceptors (Lipinski definition) is 1. The summed E-state index contributed by atoms with van der Waals surface area (Å²) in [7, 11) is 0. The first-order chi connectivity index (χ1) is 4.25. The van der Waals surface area contributed by atoms with Gasteiger partial charge in [-0.25, -0.2) is 0 Å². The Kier molecular flexibility index (Phi) is 1.57. The smallest absolute Gasteiger partial charge is 0.208 e. The van der Waals surface area contributed by atoms with Crippen molar-refractivity contribution >= 4 is 5.78 Å². The van der Waals surface area contributed by atoms with E-state index in [0.29, 0.717) is 5.92 Å². The topological polar surface area (TPSA) is 17.1 Å². The lowest BCUT2D eigenvalue weighted by Gasteiger charge is -2.00. The highest BCUT2D eigenvalue weighted by atomic mass is 16.1. The van der Waals surface area contributed by atoms with Crippen molar-refractivity contribution in [1.29, 1.82) is 0 Å². The van der Waals surface area contributed by atoms with Gasteiger partial charge in [-0.2, -0.15) is 0 Å². The van der Waals surface area contributed by atoms with Crippen molar-refractivity contribution in [2.75, 3.05) is 0 Å². The minimum absolute atomic E-state index is 0.0301. The lowest BCUT2D eigenvalue weighted by molar-refractivity contribution is -0.117. The number of Topliss-reactive ketones (excluding diaryl/α,β-unsaturated/α-hetero) is 1. The standard InChI is InChI=1S/C8H10O/c1-3-8(9)6(2)7-4-5-7/h1,6-7H,4-5H2,2H3. The van der Waals surface area contributed by atoms with Crippen LogP contribution in [0.1, 0.15) is 19.8 Å². The quantitative estimate of drug-likeness (QED) is 0.397. The third kappa shape index (κ3) is 1.32. The van der Waals surface area contributed by atoms with Crippen molar-refractivity contribution < 1.29 is 4.79 Å². The molecule has 1 nitrogen and oxygen atoms in total. The van der Waals surface area contributed by atoms with E-state index in [-0.39, 0.29) is 11.7 Å². The maximum atomic E-state index is 10.8. The molecule has 0 aliphatic heterocycles. The predicted molar refractivity (Wildman–Crippen MR) is 35.7 cm³/mol. The van der Waals surface area contributed by atoms with Gasteiger partial charge in [0.25, 0.3) is 0 Å². The summed E-state index contributed by atoms with van der Waals surface area (Å²) in [5.74, 6) is 2.84. The molecular formula is C8H10O. The van der Waals surface area contributed by atoms with Gasteiger partial charge in [0.05, 0.1) is 0 Å². The lowest BCUT2D eigenvalue weighted by Crippen LogP contribution is -2.09. The van der Waals surface area contributed by atoms with Crippen LogP contribution in [0.15, 0.2) is 0 Å². The SMILES string of the molecule is C#CC(=O)C(C)C1CC1. The third-order valence-electron chi connectivity index (χ3n) is 1.88. The zero-order valence-corrected chi connectivity index (χ0v) is 5.55. The molecule has 0 saturated heterocycles. The largest absolute Gasteiger partial charge is 0.285 e. The molecule has 48 valence electrons. The first-order valence-electron chi connectivity index (χ1n) is 3.26. The van der Waals surface area contributed by atoms with Crippen LogP contribution >= 0.6 is 0 Å². The van der Waals surface area contributed by atoms with Crippen LogP contribution < -0.4 is 0 Å². The van der Waals surface area contributed by atoms with Crippen LogP contribution in [-0.4, -0.2) is 5.78 Å². The van der Waals surface area contributed by atoms with E-state index >= 15 is 0 Å². The second-order valence-electron chi connectivity index (χ2n) is 2.63. The van der Waals surface area contributed by atoms with Crippen molar-refractivity contribution in [3.63, 3.8) is 0 Å². The molecule has 1 heteroatoms. The van der Waals surface area contributed by atoms with Gasteiger partial charge < -0.3 is 0 Å². The van der Waals surface area contributed by atoms with E-state index in [9.17, 15) is 4.79 Å². The van der Waals surface area contributed by atoms with Gasteiger partial charge >= 0.3 is 0 Å². The molecule has 0 heterocycles. The Morgan fingerprint density at radius 1 is 1.78 bits per heavy atom. The summed E-state index contributed by atoms with van der Waals surface area (Å²) in [6, 6.07) is 0. The lowest BCUT2D eigenvalue weighted by atomic mass is 10.0. The Balaban J connectivity index is 2.42. The van der Waals surface area contributed by atoms with Crippen LogP contribution in [0, 0.1) is 24.2 Å². The molecule has 1 fully saturated rings. The van der Waals surface area contributed by atoms with Gasteiger partial charge in [-0.3, -0.25) is 4.79 Å². The first-order valence-corrected chi connectivity index (χ1v) is 3.26. The van der Waals surface area contributed by atoms with Gasteiger partial charge in [0.15, 0.2) is 0 Å². The molecule has 0 aromatic carbocycles. The monoisotopic (exact) mass is 122 g/mol. The number of carbonyl (C=O) groups excluding carboxylic acids is 1. The molecule has 0 N–H and O–H groups in total. The zero-order chi connectivity index (χ0) is 6.85. The summed E-state index contributed by atoms with van der Waals surface area (Å²) in [6.07, 6.45) is 7.32. The molecule has 0 bridgehead atoms. The molecule has 1 aliphatic rings. The fourth-order valence-corrected chi connectivity index (χ4v) is 0.942. The molecule has 0 aromatic rings. The van der Waals surface area contributed by atoms with Crippen LogP contribution in [0.3, 0.4) is 0 Å². The van der Waals surface area contributed by atoms with Crippen molar-refractivity contribution in [3.8, 4) is 12.3 Å². The van der Waals surface area contributed by atoms with E-state index in [1.54, 1.807) is 0 Å². The van der Waals surface area contributed by atoms with Crippen molar-refractivity contribution in [3.05, 3.63) is 0 Å². The highest BCUT2D eigenvalue weighted by Crippen LogP contribution is 2.36. The molecule has 1 unspecified atom stereocenters. The zero-order valence-electron chi connectivity index (χ0n) is 5.55. The van der Waals surface area contributed by atoms with Gasteiger partial charge in [0, 0.05) is 5.92 Å². The number of hydrogen-bond donors (Lipinski definition) is 0. The molecule has 0 amide bonds. The highest BCUT2D eigenvalue weighted by Gasteiger charge is 2.31. The van der Waals surface area contributed by atoms with Gasteiger partial charge in [0.1, 0.15) is 0 Å². The van der Waals surface area contributed by atoms with Crippen LogP contribution in [0.25, 0.3) is 0 Å². The van der Waals surface area contributed by atoms with E-state index in [1.165, 1.54) is 12.8 Å². The third-order valence-corrected chi connectivity index (χ3v) is 1.88. The Bertz CT molecular complexity index is 160. The van der Waals surface area contributed by atoms with Crippen molar-refractivity contribution in [2.45, 2.75) is 19.8 Å². The van der Waals surface area contributed by atoms with E-state index in [4.69, 9.17) is 6.42 Å². The second kappa shape index (κ2) is 2.23. The number of rotatable bonds is 2. The number of terminal acetylenes is 1. The van der Waals surface area contributed by atoms with Gasteiger partial charge in [-0.15, -0.1) is 6.42 Å². The van der Waals surface area contributed by atoms with Crippen LogP contribution in [-0.2, 0) is 4.79 Å². The highest BCUT2D eigenvalue weighted by molar-refractivity contribution is 5.96. The Morgan fingerprint density at radius 2 is 2.33 bits per heavy atom. The van der Waals surface area contributed by atoms with Crippen LogP contribution in [0.5, 0.6) is 0 Å². The minimum atomic E-state index is -0.0301. The van der Waals surface area contributed by atoms with Crippen LogP contribution in [0.2, 0.25) is 0 Å². The molecule has 1 saturated carbocycles. The van der Waals surface area contributed by atoms with Gasteiger partial charge in [-0.1, -0.05) is 6.92 Å². The summed E-state index contributed by atoms with van der Waals surface area (Å²) >= 11 is 0. The molecule has 9 heavy (non-hydrogen) atoms. The molecular weight excluding hydrogens is 112 g/mol. The van der Waals surface area contributed by atoms with E-state index < -0.39 is 0 Å². The molecule has 0 spiro atoms. The normalized spacial score (nSPS) is 20.4. The summed E-state index contributed by atoms with van der Waals surface area (Å²) in [5, 5.41) is 0. The average molecular weight is 122 g/mol. The second-order valence-corrected chi connectivity index (χ2v) is 2.63. The van der Waals surface area contributed by atoms with E-state index in [2.05, 4.69) is 5.92 Å². The molecule has 0 radical (unpaired) electrons. The summed E-state index contributed by atoms with van der Waals surface area (Å²) in [6.45, 7) is 1.92. The van der Waals surface area contributed by atoms with E-state index in [0.717, 1.165) is 0 Å². The summed E-state index contributed by atoms with van der Waals surface area (Å²) in [5.41, 5.74) is 0. The summed E-state index contributed by atoms with van der Waals surface area (Å²) in [4.78, 5) is 10.8. The number of carbonyl (C=O) groups is 1.